The molecule has 0 radical (unpaired) electrons. The number of benzene rings is 1. The van der Waals surface area contributed by atoms with E-state index in [9.17, 15) is 4.39 Å². The topological polar surface area (TPSA) is 25.2 Å². The van der Waals surface area contributed by atoms with Crippen LogP contribution < -0.4 is 5.32 Å². The molecule has 0 aliphatic rings. The molecule has 0 aliphatic heterocycles. The van der Waals surface area contributed by atoms with Gasteiger partial charge in [-0.25, -0.2) is 4.39 Å². The minimum atomic E-state index is -0.351. The molecular weight excluding hydrogens is 308 g/mol. The number of hydrogen-bond acceptors (Lipinski definition) is 2. The molecule has 17 heavy (non-hydrogen) atoms. The second-order valence-electron chi connectivity index (χ2n) is 3.52. The lowest BCUT2D eigenvalue weighted by molar-refractivity contribution is 0.452. The summed E-state index contributed by atoms with van der Waals surface area (Å²) in [5.74, 6) is 0.307. The van der Waals surface area contributed by atoms with Crippen molar-refractivity contribution in [2.24, 2.45) is 0 Å². The van der Waals surface area contributed by atoms with Crippen molar-refractivity contribution < 1.29 is 8.81 Å². The van der Waals surface area contributed by atoms with Gasteiger partial charge in [-0.15, -0.1) is 0 Å². The summed E-state index contributed by atoms with van der Waals surface area (Å²) in [5.41, 5.74) is 0.454. The van der Waals surface area contributed by atoms with Crippen molar-refractivity contribution in [1.82, 2.24) is 5.32 Å². The van der Waals surface area contributed by atoms with Crippen molar-refractivity contribution in [3.05, 3.63) is 57.2 Å². The van der Waals surface area contributed by atoms with Crippen LogP contribution >= 0.6 is 27.5 Å². The van der Waals surface area contributed by atoms with E-state index < -0.39 is 0 Å². The van der Waals surface area contributed by atoms with Gasteiger partial charge in [0.15, 0.2) is 0 Å². The van der Waals surface area contributed by atoms with Gasteiger partial charge >= 0.3 is 0 Å². The predicted octanol–water partition coefficient (Wildman–Crippen LogP) is 4.14. The molecule has 0 fully saturated rings. The first-order valence-corrected chi connectivity index (χ1v) is 6.15. The van der Waals surface area contributed by atoms with Crippen molar-refractivity contribution in [3.8, 4) is 0 Å². The lowest BCUT2D eigenvalue weighted by atomic mass is 10.0. The van der Waals surface area contributed by atoms with Crippen LogP contribution in [0, 0.1) is 5.82 Å². The summed E-state index contributed by atoms with van der Waals surface area (Å²) in [6.07, 6.45) is 1.55. The van der Waals surface area contributed by atoms with Crippen LogP contribution in [0.25, 0.3) is 0 Å². The monoisotopic (exact) mass is 317 g/mol. The Morgan fingerprint density at radius 3 is 2.82 bits per heavy atom. The zero-order chi connectivity index (χ0) is 12.4. The van der Waals surface area contributed by atoms with Crippen LogP contribution in [0.3, 0.4) is 0 Å². The fraction of sp³-hybridized carbons (Fsp3) is 0.167. The Hall–Kier alpha value is -0.840. The summed E-state index contributed by atoms with van der Waals surface area (Å²) in [7, 11) is 1.74. The molecule has 2 rings (SSSR count). The van der Waals surface area contributed by atoms with Crippen molar-refractivity contribution in [1.29, 1.82) is 0 Å². The zero-order valence-electron chi connectivity index (χ0n) is 9.01. The van der Waals surface area contributed by atoms with Gasteiger partial charge in [0.05, 0.1) is 17.3 Å². The third-order valence-corrected chi connectivity index (χ3v) is 3.66. The van der Waals surface area contributed by atoms with Gasteiger partial charge in [-0.3, -0.25) is 0 Å². The van der Waals surface area contributed by atoms with Crippen molar-refractivity contribution in [2.45, 2.75) is 6.04 Å². The van der Waals surface area contributed by atoms with Gasteiger partial charge in [-0.1, -0.05) is 11.6 Å². The van der Waals surface area contributed by atoms with E-state index in [1.165, 1.54) is 6.07 Å². The summed E-state index contributed by atoms with van der Waals surface area (Å²) in [4.78, 5) is 0. The average Bonchev–Trinajstić information content (AvgIpc) is 2.80. The molecule has 1 atom stereocenters. The van der Waals surface area contributed by atoms with E-state index in [4.69, 9.17) is 16.0 Å². The molecule has 2 nitrogen and oxygen atoms in total. The van der Waals surface area contributed by atoms with Gasteiger partial charge in [-0.05, 0) is 47.2 Å². The van der Waals surface area contributed by atoms with Crippen LogP contribution in [0.5, 0.6) is 0 Å². The third kappa shape index (κ3) is 2.54. The second-order valence-corrected chi connectivity index (χ2v) is 4.79. The maximum atomic E-state index is 13.9. The molecule has 2 aromatic rings. The fourth-order valence-corrected chi connectivity index (χ4v) is 2.15. The molecule has 1 unspecified atom stereocenters. The van der Waals surface area contributed by atoms with Crippen molar-refractivity contribution >= 4 is 27.5 Å². The Kier molecular flexibility index (Phi) is 3.86. The predicted molar refractivity (Wildman–Crippen MR) is 68.7 cm³/mol. The SMILES string of the molecule is CNC(c1ccco1)c1cc(Cl)c(Br)cc1F. The zero-order valence-corrected chi connectivity index (χ0v) is 11.3. The minimum absolute atomic E-state index is 0.336. The van der Waals surface area contributed by atoms with Gasteiger partial charge in [0.2, 0.25) is 0 Å². The van der Waals surface area contributed by atoms with Crippen LogP contribution in [0.4, 0.5) is 4.39 Å². The summed E-state index contributed by atoms with van der Waals surface area (Å²) in [6, 6.07) is 6.14. The quantitative estimate of drug-likeness (QED) is 0.860. The van der Waals surface area contributed by atoms with Crippen LogP contribution in [-0.2, 0) is 0 Å². The molecule has 0 amide bonds. The first-order valence-electron chi connectivity index (χ1n) is 4.98. The normalized spacial score (nSPS) is 12.7. The molecule has 0 saturated heterocycles. The lowest BCUT2D eigenvalue weighted by Crippen LogP contribution is -2.18. The lowest BCUT2D eigenvalue weighted by Gasteiger charge is -2.15. The Morgan fingerprint density at radius 1 is 1.47 bits per heavy atom. The number of hydrogen-bond donors (Lipinski definition) is 1. The number of furan rings is 1. The molecule has 1 aromatic heterocycles. The van der Waals surface area contributed by atoms with E-state index in [0.29, 0.717) is 20.8 Å². The summed E-state index contributed by atoms with van der Waals surface area (Å²) in [5, 5.41) is 3.47. The fourth-order valence-electron chi connectivity index (χ4n) is 1.67. The molecule has 90 valence electrons. The maximum absolute atomic E-state index is 13.9. The van der Waals surface area contributed by atoms with E-state index in [1.807, 2.05) is 0 Å². The summed E-state index contributed by atoms with van der Waals surface area (Å²) >= 11 is 9.16. The van der Waals surface area contributed by atoms with Gasteiger partial charge in [0.1, 0.15) is 11.6 Å². The molecule has 0 saturated carbocycles. The van der Waals surface area contributed by atoms with E-state index in [-0.39, 0.29) is 11.9 Å². The summed E-state index contributed by atoms with van der Waals surface area (Å²) < 4.78 is 19.7. The first kappa shape index (κ1) is 12.6. The first-order chi connectivity index (χ1) is 8.13. The highest BCUT2D eigenvalue weighted by Crippen LogP contribution is 2.31. The Labute approximate surface area is 112 Å². The van der Waals surface area contributed by atoms with E-state index in [1.54, 1.807) is 31.5 Å². The molecule has 1 aromatic carbocycles. The number of halogens is 3. The van der Waals surface area contributed by atoms with Crippen molar-refractivity contribution in [2.75, 3.05) is 7.05 Å². The summed E-state index contributed by atoms with van der Waals surface area (Å²) in [6.45, 7) is 0. The molecule has 5 heteroatoms. The standard InChI is InChI=1S/C12H10BrClFNO/c1-16-12(11-3-2-4-17-11)7-5-9(14)8(13)6-10(7)15/h2-6,12,16H,1H3. The molecular formula is C12H10BrClFNO. The van der Waals surface area contributed by atoms with E-state index in [0.717, 1.165) is 0 Å². The molecule has 0 spiro atoms. The smallest absolute Gasteiger partial charge is 0.129 e. The Bertz CT molecular complexity index is 515. The average molecular weight is 319 g/mol. The van der Waals surface area contributed by atoms with Gasteiger partial charge in [0, 0.05) is 10.0 Å². The molecule has 1 heterocycles. The largest absolute Gasteiger partial charge is 0.467 e. The van der Waals surface area contributed by atoms with Crippen LogP contribution in [0.1, 0.15) is 17.4 Å². The van der Waals surface area contributed by atoms with Gasteiger partial charge in [-0.2, -0.15) is 0 Å². The molecule has 0 aliphatic carbocycles. The Balaban J connectivity index is 2.48. The second kappa shape index (κ2) is 5.21. The Morgan fingerprint density at radius 2 is 2.24 bits per heavy atom. The van der Waals surface area contributed by atoms with Gasteiger partial charge in [0.25, 0.3) is 0 Å². The van der Waals surface area contributed by atoms with Crippen LogP contribution in [-0.4, -0.2) is 7.05 Å². The third-order valence-electron chi connectivity index (χ3n) is 2.47. The molecule has 0 bridgehead atoms. The highest BCUT2D eigenvalue weighted by atomic mass is 79.9. The highest BCUT2D eigenvalue weighted by Gasteiger charge is 2.20. The van der Waals surface area contributed by atoms with Crippen LogP contribution in [0.2, 0.25) is 5.02 Å². The van der Waals surface area contributed by atoms with Crippen LogP contribution in [0.15, 0.2) is 39.4 Å². The van der Waals surface area contributed by atoms with Gasteiger partial charge < -0.3 is 9.73 Å². The number of rotatable bonds is 3. The van der Waals surface area contributed by atoms with E-state index in [2.05, 4.69) is 21.2 Å². The molecule has 1 N–H and O–H groups in total. The maximum Gasteiger partial charge on any atom is 0.129 e. The highest BCUT2D eigenvalue weighted by molar-refractivity contribution is 9.10. The minimum Gasteiger partial charge on any atom is -0.467 e. The van der Waals surface area contributed by atoms with Crippen molar-refractivity contribution in [3.63, 3.8) is 0 Å². The number of nitrogens with one attached hydrogen (secondary N) is 1. The van der Waals surface area contributed by atoms with E-state index >= 15 is 0 Å².